The molecule has 0 spiro atoms. The van der Waals surface area contributed by atoms with Crippen molar-refractivity contribution in [1.82, 2.24) is 20.9 Å². The van der Waals surface area contributed by atoms with E-state index in [4.69, 9.17) is 4.74 Å². The molecule has 1 aliphatic heterocycles. The summed E-state index contributed by atoms with van der Waals surface area (Å²) in [5, 5.41) is 9.88. The van der Waals surface area contributed by atoms with Crippen LogP contribution in [-0.4, -0.2) is 62.4 Å². The number of pyridine rings is 1. The van der Waals surface area contributed by atoms with E-state index in [9.17, 15) is 4.79 Å². The summed E-state index contributed by atoms with van der Waals surface area (Å²) in [5.74, 6) is 2.37. The topological polar surface area (TPSA) is 90.9 Å². The molecule has 2 fully saturated rings. The molecule has 3 rings (SSSR count). The number of piperidine rings is 1. The van der Waals surface area contributed by atoms with Gasteiger partial charge >= 0.3 is 6.09 Å². The van der Waals surface area contributed by atoms with Crippen LogP contribution in [0.2, 0.25) is 0 Å². The zero-order chi connectivity index (χ0) is 20.6. The van der Waals surface area contributed by atoms with Crippen molar-refractivity contribution in [2.75, 3.05) is 38.2 Å². The number of hydrogen-bond donors (Lipinski definition) is 3. The summed E-state index contributed by atoms with van der Waals surface area (Å²) in [6.07, 6.45) is 4.02. The van der Waals surface area contributed by atoms with Crippen molar-refractivity contribution >= 4 is 41.8 Å². The number of rotatable bonds is 7. The molecule has 0 bridgehead atoms. The number of nitrogens with one attached hydrogen (secondary N) is 3. The fraction of sp³-hybridized carbons (Fsp3) is 0.667. The molecule has 1 aromatic rings. The molecule has 1 atom stereocenters. The van der Waals surface area contributed by atoms with Gasteiger partial charge in [0, 0.05) is 38.4 Å². The third-order valence-corrected chi connectivity index (χ3v) is 5.52. The van der Waals surface area contributed by atoms with E-state index in [0.29, 0.717) is 25.1 Å². The maximum Gasteiger partial charge on any atom is 0.407 e. The number of aromatic nitrogens is 1. The van der Waals surface area contributed by atoms with E-state index < -0.39 is 0 Å². The smallest absolute Gasteiger partial charge is 0.407 e. The van der Waals surface area contributed by atoms with Gasteiger partial charge in [-0.2, -0.15) is 0 Å². The molecule has 1 aromatic heterocycles. The highest BCUT2D eigenvalue weighted by atomic mass is 127. The molecule has 2 heterocycles. The minimum absolute atomic E-state index is 0. The highest BCUT2D eigenvalue weighted by Crippen LogP contribution is 2.32. The number of carbonyl (C=O) groups is 1. The van der Waals surface area contributed by atoms with Gasteiger partial charge in [-0.15, -0.1) is 24.0 Å². The molecule has 9 heteroatoms. The van der Waals surface area contributed by atoms with Gasteiger partial charge in [-0.3, -0.25) is 4.99 Å². The summed E-state index contributed by atoms with van der Waals surface area (Å²) in [6, 6.07) is 6.62. The standard InChI is InChI=1S/C21H34N6O2.HI/c1-4-29-21(28)26-18(16-8-9-16)14-23-20(22-3)25-17-10-12-27(13-11-17)19-7-5-6-15(2)24-19;/h5-7,16-18H,4,8-14H2,1-3H3,(H,26,28)(H2,22,23,25);1H. The number of halogens is 1. The van der Waals surface area contributed by atoms with Gasteiger partial charge in [0.15, 0.2) is 5.96 Å². The Morgan fingerprint density at radius 3 is 2.63 bits per heavy atom. The Labute approximate surface area is 196 Å². The number of nitrogens with zero attached hydrogens (tertiary/aromatic N) is 3. The van der Waals surface area contributed by atoms with Crippen molar-refractivity contribution in [3.63, 3.8) is 0 Å². The zero-order valence-electron chi connectivity index (χ0n) is 18.2. The predicted molar refractivity (Wildman–Crippen MR) is 131 cm³/mol. The molecule has 1 saturated carbocycles. The first-order valence-corrected chi connectivity index (χ1v) is 10.7. The minimum atomic E-state index is -0.341. The third kappa shape index (κ3) is 7.48. The molecule has 1 saturated heterocycles. The van der Waals surface area contributed by atoms with Gasteiger partial charge < -0.3 is 25.6 Å². The Bertz CT molecular complexity index is 704. The Balaban J connectivity index is 0.00000320. The lowest BCUT2D eigenvalue weighted by molar-refractivity contribution is 0.146. The summed E-state index contributed by atoms with van der Waals surface area (Å²) >= 11 is 0. The number of hydrogen-bond acceptors (Lipinski definition) is 5. The number of anilines is 1. The van der Waals surface area contributed by atoms with Gasteiger partial charge in [-0.1, -0.05) is 6.07 Å². The first-order valence-electron chi connectivity index (χ1n) is 10.7. The lowest BCUT2D eigenvalue weighted by Crippen LogP contribution is -2.52. The molecule has 0 radical (unpaired) electrons. The average molecular weight is 530 g/mol. The highest BCUT2D eigenvalue weighted by molar-refractivity contribution is 14.0. The molecule has 1 unspecified atom stereocenters. The predicted octanol–water partition coefficient (Wildman–Crippen LogP) is 2.67. The van der Waals surface area contributed by atoms with Crippen LogP contribution in [0.3, 0.4) is 0 Å². The van der Waals surface area contributed by atoms with Crippen molar-refractivity contribution in [2.24, 2.45) is 10.9 Å². The Morgan fingerprint density at radius 2 is 2.03 bits per heavy atom. The van der Waals surface area contributed by atoms with Crippen LogP contribution < -0.4 is 20.9 Å². The largest absolute Gasteiger partial charge is 0.450 e. The number of amides is 1. The molecular weight excluding hydrogens is 495 g/mol. The Kier molecular flexibility index (Phi) is 9.93. The second-order valence-electron chi connectivity index (χ2n) is 7.80. The van der Waals surface area contributed by atoms with E-state index in [1.807, 2.05) is 19.9 Å². The number of alkyl carbamates (subject to hydrolysis) is 1. The monoisotopic (exact) mass is 530 g/mol. The average Bonchev–Trinajstić information content (AvgIpc) is 3.56. The number of carbonyl (C=O) groups excluding carboxylic acids is 1. The lowest BCUT2D eigenvalue weighted by Gasteiger charge is -2.34. The Hall–Kier alpha value is -1.78. The summed E-state index contributed by atoms with van der Waals surface area (Å²) in [6.45, 7) is 6.82. The molecule has 8 nitrogen and oxygen atoms in total. The zero-order valence-corrected chi connectivity index (χ0v) is 20.5. The van der Waals surface area contributed by atoms with Crippen LogP contribution in [-0.2, 0) is 4.74 Å². The summed E-state index contributed by atoms with van der Waals surface area (Å²) in [4.78, 5) is 23.1. The maximum atomic E-state index is 11.8. The molecular formula is C21H35IN6O2. The molecule has 2 aliphatic rings. The Morgan fingerprint density at radius 1 is 1.30 bits per heavy atom. The summed E-state index contributed by atoms with van der Waals surface area (Å²) in [5.41, 5.74) is 1.05. The minimum Gasteiger partial charge on any atom is -0.450 e. The summed E-state index contributed by atoms with van der Waals surface area (Å²) < 4.78 is 5.03. The van der Waals surface area contributed by atoms with E-state index in [0.717, 1.165) is 56.2 Å². The fourth-order valence-corrected chi connectivity index (χ4v) is 3.71. The van der Waals surface area contributed by atoms with Crippen molar-refractivity contribution < 1.29 is 9.53 Å². The van der Waals surface area contributed by atoms with Gasteiger partial charge in [0.05, 0.1) is 12.6 Å². The first kappa shape index (κ1) is 24.5. The molecule has 30 heavy (non-hydrogen) atoms. The van der Waals surface area contributed by atoms with Gasteiger partial charge in [0.25, 0.3) is 0 Å². The van der Waals surface area contributed by atoms with E-state index in [-0.39, 0.29) is 36.1 Å². The van der Waals surface area contributed by atoms with Crippen LogP contribution in [0.5, 0.6) is 0 Å². The normalized spacial score (nSPS) is 18.2. The summed E-state index contributed by atoms with van der Waals surface area (Å²) in [7, 11) is 1.78. The number of aliphatic imine (C=N–C) groups is 1. The maximum absolute atomic E-state index is 11.8. The number of aryl methyl sites for hydroxylation is 1. The van der Waals surface area contributed by atoms with E-state index in [1.54, 1.807) is 7.05 Å². The number of ether oxygens (including phenoxy) is 1. The second kappa shape index (κ2) is 12.2. The first-order chi connectivity index (χ1) is 14.1. The second-order valence-corrected chi connectivity index (χ2v) is 7.80. The van der Waals surface area contributed by atoms with Crippen LogP contribution in [0, 0.1) is 12.8 Å². The third-order valence-electron chi connectivity index (χ3n) is 5.52. The van der Waals surface area contributed by atoms with Gasteiger partial charge in [-0.05, 0) is 57.6 Å². The van der Waals surface area contributed by atoms with Crippen molar-refractivity contribution in [3.8, 4) is 0 Å². The van der Waals surface area contributed by atoms with Crippen molar-refractivity contribution in [1.29, 1.82) is 0 Å². The van der Waals surface area contributed by atoms with Gasteiger partial charge in [0.2, 0.25) is 0 Å². The van der Waals surface area contributed by atoms with Crippen LogP contribution in [0.15, 0.2) is 23.2 Å². The van der Waals surface area contributed by atoms with Crippen LogP contribution in [0.4, 0.5) is 10.6 Å². The molecule has 0 aromatic carbocycles. The van der Waals surface area contributed by atoms with Crippen LogP contribution >= 0.6 is 24.0 Å². The van der Waals surface area contributed by atoms with Gasteiger partial charge in [0.1, 0.15) is 5.82 Å². The van der Waals surface area contributed by atoms with Gasteiger partial charge in [-0.25, -0.2) is 9.78 Å². The van der Waals surface area contributed by atoms with E-state index in [2.05, 4.69) is 43.0 Å². The number of guanidine groups is 1. The lowest BCUT2D eigenvalue weighted by atomic mass is 10.1. The molecule has 1 amide bonds. The van der Waals surface area contributed by atoms with Crippen LogP contribution in [0.1, 0.15) is 38.3 Å². The molecule has 1 aliphatic carbocycles. The van der Waals surface area contributed by atoms with E-state index >= 15 is 0 Å². The fourth-order valence-electron chi connectivity index (χ4n) is 3.71. The van der Waals surface area contributed by atoms with E-state index in [1.165, 1.54) is 0 Å². The SMILES string of the molecule is CCOC(=O)NC(CNC(=NC)NC1CCN(c2cccc(C)n2)CC1)C1CC1.I. The van der Waals surface area contributed by atoms with Crippen molar-refractivity contribution in [3.05, 3.63) is 23.9 Å². The molecule has 3 N–H and O–H groups in total. The van der Waals surface area contributed by atoms with Crippen LogP contribution in [0.25, 0.3) is 0 Å². The quantitative estimate of drug-likeness (QED) is 0.286. The van der Waals surface area contributed by atoms with Crippen molar-refractivity contribution in [2.45, 2.75) is 51.6 Å². The highest BCUT2D eigenvalue weighted by Gasteiger charge is 2.32. The molecule has 168 valence electrons.